The van der Waals surface area contributed by atoms with Gasteiger partial charge in [-0.15, -0.1) is 22.7 Å². The molecule has 0 aliphatic carbocycles. The van der Waals surface area contributed by atoms with Crippen LogP contribution in [-0.4, -0.2) is 29.4 Å². The van der Waals surface area contributed by atoms with Crippen molar-refractivity contribution < 1.29 is 4.79 Å². The minimum atomic E-state index is -0.0263. The Morgan fingerprint density at radius 3 is 2.88 bits per heavy atom. The van der Waals surface area contributed by atoms with Crippen molar-refractivity contribution in [3.8, 4) is 9.88 Å². The van der Waals surface area contributed by atoms with Crippen LogP contribution in [0.25, 0.3) is 9.88 Å². The monoisotopic (exact) mass is 435 g/mol. The van der Waals surface area contributed by atoms with E-state index in [1.807, 2.05) is 43.1 Å². The first-order chi connectivity index (χ1) is 12.0. The topological polar surface area (TPSA) is 45.2 Å². The van der Waals surface area contributed by atoms with Gasteiger partial charge >= 0.3 is 0 Å². The number of halogens is 1. The molecule has 3 aromatic rings. The standard InChI is InChI=1S/C18H18BrN3OS2/c1-12-8-13(19)5-6-15(12)21-17(23)10-22(2)9-14-11-25-18(20-14)16-4-3-7-24-16/h3-8,11H,9-10H2,1-2H3,(H,21,23). The summed E-state index contributed by atoms with van der Waals surface area (Å²) in [7, 11) is 1.93. The van der Waals surface area contributed by atoms with Gasteiger partial charge in [-0.3, -0.25) is 9.69 Å². The number of hydrogen-bond acceptors (Lipinski definition) is 5. The molecule has 0 aliphatic heterocycles. The van der Waals surface area contributed by atoms with Gasteiger partial charge < -0.3 is 5.32 Å². The number of thiazole rings is 1. The lowest BCUT2D eigenvalue weighted by Crippen LogP contribution is -2.30. The molecule has 1 amide bonds. The number of nitrogens with one attached hydrogen (secondary N) is 1. The lowest BCUT2D eigenvalue weighted by Gasteiger charge is -2.15. The third kappa shape index (κ3) is 4.98. The first-order valence-corrected chi connectivity index (χ1v) is 10.3. The molecule has 0 saturated heterocycles. The van der Waals surface area contributed by atoms with Gasteiger partial charge in [0.25, 0.3) is 0 Å². The molecule has 2 heterocycles. The molecule has 0 atom stereocenters. The number of carbonyl (C=O) groups is 1. The third-order valence-corrected chi connectivity index (χ3v) is 6.02. The van der Waals surface area contributed by atoms with Gasteiger partial charge in [0.1, 0.15) is 5.01 Å². The second-order valence-corrected chi connectivity index (χ2v) is 8.52. The fraction of sp³-hybridized carbons (Fsp3) is 0.222. The fourth-order valence-electron chi connectivity index (χ4n) is 2.43. The maximum atomic E-state index is 12.3. The highest BCUT2D eigenvalue weighted by molar-refractivity contribution is 9.10. The fourth-order valence-corrected chi connectivity index (χ4v) is 4.53. The van der Waals surface area contributed by atoms with Gasteiger partial charge in [-0.25, -0.2) is 4.98 Å². The van der Waals surface area contributed by atoms with E-state index in [0.717, 1.165) is 26.4 Å². The van der Waals surface area contributed by atoms with E-state index in [9.17, 15) is 4.79 Å². The van der Waals surface area contributed by atoms with Gasteiger partial charge in [0.15, 0.2) is 0 Å². The number of benzene rings is 1. The molecule has 130 valence electrons. The van der Waals surface area contributed by atoms with Crippen molar-refractivity contribution in [1.82, 2.24) is 9.88 Å². The highest BCUT2D eigenvalue weighted by Gasteiger charge is 2.11. The zero-order valence-corrected chi connectivity index (χ0v) is 17.2. The Morgan fingerprint density at radius 1 is 1.32 bits per heavy atom. The Bertz CT molecular complexity index is 861. The molecule has 4 nitrogen and oxygen atoms in total. The number of anilines is 1. The van der Waals surface area contributed by atoms with Crippen molar-refractivity contribution in [2.45, 2.75) is 13.5 Å². The minimum Gasteiger partial charge on any atom is -0.325 e. The van der Waals surface area contributed by atoms with Gasteiger partial charge in [0.2, 0.25) is 5.91 Å². The summed E-state index contributed by atoms with van der Waals surface area (Å²) in [6.45, 7) is 2.95. The van der Waals surface area contributed by atoms with Crippen LogP contribution >= 0.6 is 38.6 Å². The summed E-state index contributed by atoms with van der Waals surface area (Å²) in [4.78, 5) is 20.1. The first kappa shape index (κ1) is 18.3. The highest BCUT2D eigenvalue weighted by Crippen LogP contribution is 2.28. The number of nitrogens with zero attached hydrogens (tertiary/aromatic N) is 2. The van der Waals surface area contributed by atoms with Crippen molar-refractivity contribution in [2.24, 2.45) is 0 Å². The SMILES string of the molecule is Cc1cc(Br)ccc1NC(=O)CN(C)Cc1csc(-c2cccs2)n1. The summed E-state index contributed by atoms with van der Waals surface area (Å²) in [6.07, 6.45) is 0. The zero-order chi connectivity index (χ0) is 17.8. The van der Waals surface area contributed by atoms with Crippen LogP contribution in [0.4, 0.5) is 5.69 Å². The summed E-state index contributed by atoms with van der Waals surface area (Å²) in [5.74, 6) is -0.0263. The van der Waals surface area contributed by atoms with Crippen LogP contribution in [0.3, 0.4) is 0 Å². The maximum Gasteiger partial charge on any atom is 0.238 e. The lowest BCUT2D eigenvalue weighted by atomic mass is 10.2. The molecule has 0 unspecified atom stereocenters. The molecule has 0 spiro atoms. The summed E-state index contributed by atoms with van der Waals surface area (Å²) >= 11 is 6.76. The van der Waals surface area contributed by atoms with Gasteiger partial charge in [0.05, 0.1) is 17.1 Å². The number of rotatable bonds is 6. The Hall–Kier alpha value is -1.54. The van der Waals surface area contributed by atoms with Gasteiger partial charge in [-0.05, 0) is 49.2 Å². The summed E-state index contributed by atoms with van der Waals surface area (Å²) < 4.78 is 1.00. The highest BCUT2D eigenvalue weighted by atomic mass is 79.9. The Labute approximate surface area is 163 Å². The second kappa shape index (κ2) is 8.23. The predicted octanol–water partition coefficient (Wildman–Crippen LogP) is 5.01. The van der Waals surface area contributed by atoms with Crippen molar-refractivity contribution in [2.75, 3.05) is 18.9 Å². The number of amides is 1. The van der Waals surface area contributed by atoms with Crippen LogP contribution < -0.4 is 5.32 Å². The van der Waals surface area contributed by atoms with Crippen LogP contribution in [0, 0.1) is 6.92 Å². The van der Waals surface area contributed by atoms with Gasteiger partial charge in [-0.2, -0.15) is 0 Å². The summed E-state index contributed by atoms with van der Waals surface area (Å²) in [5.41, 5.74) is 2.87. The Morgan fingerprint density at radius 2 is 2.16 bits per heavy atom. The summed E-state index contributed by atoms with van der Waals surface area (Å²) in [6, 6.07) is 9.92. The lowest BCUT2D eigenvalue weighted by molar-refractivity contribution is -0.117. The molecule has 7 heteroatoms. The van der Waals surface area contributed by atoms with Gasteiger partial charge in [0, 0.05) is 22.1 Å². The summed E-state index contributed by atoms with van der Waals surface area (Å²) in [5, 5.41) is 8.11. The van der Waals surface area contributed by atoms with E-state index in [4.69, 9.17) is 0 Å². The number of aryl methyl sites for hydroxylation is 1. The van der Waals surface area contributed by atoms with E-state index in [0.29, 0.717) is 13.1 Å². The first-order valence-electron chi connectivity index (χ1n) is 7.74. The number of carbonyl (C=O) groups excluding carboxylic acids is 1. The molecule has 0 radical (unpaired) electrons. The van der Waals surface area contributed by atoms with Crippen molar-refractivity contribution in [1.29, 1.82) is 0 Å². The minimum absolute atomic E-state index is 0.0263. The van der Waals surface area contributed by atoms with Crippen molar-refractivity contribution in [3.05, 3.63) is 56.8 Å². The number of likely N-dealkylation sites (N-methyl/N-ethyl adjacent to an activating group) is 1. The zero-order valence-electron chi connectivity index (χ0n) is 14.0. The van der Waals surface area contributed by atoms with Gasteiger partial charge in [-0.1, -0.05) is 22.0 Å². The molecule has 0 fully saturated rings. The number of hydrogen-bond donors (Lipinski definition) is 1. The molecule has 1 N–H and O–H groups in total. The van der Waals surface area contributed by atoms with Crippen LogP contribution in [0.2, 0.25) is 0 Å². The van der Waals surface area contributed by atoms with Crippen molar-refractivity contribution >= 4 is 50.2 Å². The number of aromatic nitrogens is 1. The molecular weight excluding hydrogens is 418 g/mol. The van der Waals surface area contributed by atoms with E-state index in [-0.39, 0.29) is 5.91 Å². The largest absolute Gasteiger partial charge is 0.325 e. The molecule has 2 aromatic heterocycles. The van der Waals surface area contributed by atoms with E-state index >= 15 is 0 Å². The van der Waals surface area contributed by atoms with E-state index in [1.165, 1.54) is 4.88 Å². The smallest absolute Gasteiger partial charge is 0.238 e. The molecule has 0 aliphatic rings. The van der Waals surface area contributed by atoms with Crippen LogP contribution in [0.5, 0.6) is 0 Å². The molecule has 0 bridgehead atoms. The van der Waals surface area contributed by atoms with Crippen molar-refractivity contribution in [3.63, 3.8) is 0 Å². The van der Waals surface area contributed by atoms with Crippen LogP contribution in [0.15, 0.2) is 45.6 Å². The molecule has 25 heavy (non-hydrogen) atoms. The Balaban J connectivity index is 1.55. The maximum absolute atomic E-state index is 12.3. The van der Waals surface area contributed by atoms with Crippen LogP contribution in [0.1, 0.15) is 11.3 Å². The normalized spacial score (nSPS) is 11.0. The molecule has 3 rings (SSSR count). The molecular formula is C18H18BrN3OS2. The Kier molecular flexibility index (Phi) is 6.01. The predicted molar refractivity (Wildman–Crippen MR) is 109 cm³/mol. The van der Waals surface area contributed by atoms with E-state index < -0.39 is 0 Å². The van der Waals surface area contributed by atoms with Crippen LogP contribution in [-0.2, 0) is 11.3 Å². The van der Waals surface area contributed by atoms with E-state index in [1.54, 1.807) is 22.7 Å². The third-order valence-electron chi connectivity index (χ3n) is 3.59. The van der Waals surface area contributed by atoms with E-state index in [2.05, 4.69) is 43.1 Å². The number of thiophene rings is 1. The quantitative estimate of drug-likeness (QED) is 0.591. The second-order valence-electron chi connectivity index (χ2n) is 5.80. The average molecular weight is 436 g/mol. The average Bonchev–Trinajstić information content (AvgIpc) is 3.21. The molecule has 1 aromatic carbocycles. The molecule has 0 saturated carbocycles.